The fourth-order valence-electron chi connectivity index (χ4n) is 0.781. The summed E-state index contributed by atoms with van der Waals surface area (Å²) in [6.45, 7) is 1.07. The predicted molar refractivity (Wildman–Crippen MR) is 51.0 cm³/mol. The number of hydrogen-bond donors (Lipinski definition) is 3. The number of rotatable bonds is 5. The van der Waals surface area contributed by atoms with E-state index in [1.165, 1.54) is 0 Å². The number of amides is 1. The van der Waals surface area contributed by atoms with Gasteiger partial charge in [-0.25, -0.2) is 0 Å². The molecule has 1 rings (SSSR count). The molecule has 0 bridgehead atoms. The molecule has 0 spiro atoms. The summed E-state index contributed by atoms with van der Waals surface area (Å²) in [6.07, 6.45) is 1.77. The van der Waals surface area contributed by atoms with Crippen LogP contribution < -0.4 is 16.8 Å². The van der Waals surface area contributed by atoms with Crippen molar-refractivity contribution in [3.05, 3.63) is 16.6 Å². The Morgan fingerprint density at radius 2 is 2.54 bits per heavy atom. The molecule has 1 aromatic rings. The van der Waals surface area contributed by atoms with Crippen molar-refractivity contribution < 1.29 is 4.79 Å². The van der Waals surface area contributed by atoms with E-state index < -0.39 is 11.9 Å². The predicted octanol–water partition coefficient (Wildman–Crippen LogP) is -0.955. The lowest BCUT2D eigenvalue weighted by Crippen LogP contribution is -2.44. The number of nitrogens with zero attached hydrogens (tertiary/aromatic N) is 1. The fourth-order valence-corrected chi connectivity index (χ4v) is 1.35. The molecule has 0 aromatic carbocycles. The maximum Gasteiger partial charge on any atom is 0.235 e. The van der Waals surface area contributed by atoms with Gasteiger partial charge in [0.05, 0.1) is 11.6 Å². The van der Waals surface area contributed by atoms with Gasteiger partial charge in [0.2, 0.25) is 5.91 Å². The second kappa shape index (κ2) is 4.90. The number of aromatic nitrogens is 1. The van der Waals surface area contributed by atoms with Gasteiger partial charge in [-0.1, -0.05) is 0 Å². The van der Waals surface area contributed by atoms with Gasteiger partial charge in [0.25, 0.3) is 0 Å². The Labute approximate surface area is 80.1 Å². The van der Waals surface area contributed by atoms with Gasteiger partial charge in [-0.15, -0.1) is 11.3 Å². The molecule has 0 saturated heterocycles. The van der Waals surface area contributed by atoms with Crippen LogP contribution in [-0.4, -0.2) is 23.5 Å². The van der Waals surface area contributed by atoms with E-state index in [9.17, 15) is 4.79 Å². The second-order valence-corrected chi connectivity index (χ2v) is 3.58. The SMILES string of the molecule is NC(=O)C(N)CNCc1cncs1. The Balaban J connectivity index is 2.18. The van der Waals surface area contributed by atoms with Crippen LogP contribution >= 0.6 is 11.3 Å². The number of carbonyl (C=O) groups excluding carboxylic acids is 1. The first-order valence-electron chi connectivity index (χ1n) is 3.83. The summed E-state index contributed by atoms with van der Waals surface area (Å²) < 4.78 is 0. The van der Waals surface area contributed by atoms with Gasteiger partial charge in [0.15, 0.2) is 0 Å². The summed E-state index contributed by atoms with van der Waals surface area (Å²) in [5, 5.41) is 3.01. The Morgan fingerprint density at radius 1 is 1.77 bits per heavy atom. The molecule has 0 aliphatic heterocycles. The summed E-state index contributed by atoms with van der Waals surface area (Å²) in [5.74, 6) is -0.489. The van der Waals surface area contributed by atoms with E-state index in [4.69, 9.17) is 11.5 Å². The molecule has 0 saturated carbocycles. The number of nitrogens with two attached hydrogens (primary N) is 2. The minimum atomic E-state index is -0.618. The van der Waals surface area contributed by atoms with Crippen LogP contribution in [0.15, 0.2) is 11.7 Å². The molecule has 72 valence electrons. The van der Waals surface area contributed by atoms with Crippen molar-refractivity contribution in [2.75, 3.05) is 6.54 Å². The molecule has 0 radical (unpaired) electrons. The van der Waals surface area contributed by atoms with Crippen LogP contribution in [0.4, 0.5) is 0 Å². The third kappa shape index (κ3) is 3.49. The number of carbonyl (C=O) groups is 1. The molecular weight excluding hydrogens is 188 g/mol. The van der Waals surface area contributed by atoms with Gasteiger partial charge in [-0.3, -0.25) is 9.78 Å². The zero-order chi connectivity index (χ0) is 9.68. The highest BCUT2D eigenvalue weighted by Gasteiger charge is 2.07. The molecule has 1 atom stereocenters. The number of nitrogens with one attached hydrogen (secondary N) is 1. The Hall–Kier alpha value is -0.980. The number of thiazole rings is 1. The van der Waals surface area contributed by atoms with E-state index in [-0.39, 0.29) is 0 Å². The molecule has 5 nitrogen and oxygen atoms in total. The minimum Gasteiger partial charge on any atom is -0.368 e. The van der Waals surface area contributed by atoms with Crippen LogP contribution in [0.2, 0.25) is 0 Å². The summed E-state index contributed by atoms with van der Waals surface area (Å²) >= 11 is 1.55. The van der Waals surface area contributed by atoms with E-state index in [2.05, 4.69) is 10.3 Å². The van der Waals surface area contributed by atoms with Crippen molar-refractivity contribution in [1.82, 2.24) is 10.3 Å². The molecule has 5 N–H and O–H groups in total. The molecule has 6 heteroatoms. The van der Waals surface area contributed by atoms with Gasteiger partial charge < -0.3 is 16.8 Å². The van der Waals surface area contributed by atoms with Gasteiger partial charge in [0.1, 0.15) is 0 Å². The van der Waals surface area contributed by atoms with Gasteiger partial charge in [0, 0.05) is 24.2 Å². The van der Waals surface area contributed by atoms with E-state index in [0.717, 1.165) is 4.88 Å². The lowest BCUT2D eigenvalue weighted by Gasteiger charge is -2.07. The third-order valence-corrected chi connectivity index (χ3v) is 2.29. The first-order valence-corrected chi connectivity index (χ1v) is 4.71. The van der Waals surface area contributed by atoms with Crippen LogP contribution in [0.5, 0.6) is 0 Å². The standard InChI is InChI=1S/C7H12N4OS/c8-6(7(9)12)3-10-1-5-2-11-4-13-5/h2,4,6,10H,1,3,8H2,(H2,9,12). The second-order valence-electron chi connectivity index (χ2n) is 2.61. The maximum atomic E-state index is 10.5. The fraction of sp³-hybridized carbons (Fsp3) is 0.429. The van der Waals surface area contributed by atoms with Crippen LogP contribution in [0.1, 0.15) is 4.88 Å². The first-order chi connectivity index (χ1) is 6.20. The number of primary amides is 1. The van der Waals surface area contributed by atoms with Crippen molar-refractivity contribution in [2.45, 2.75) is 12.6 Å². The minimum absolute atomic E-state index is 0.396. The van der Waals surface area contributed by atoms with Gasteiger partial charge >= 0.3 is 0 Å². The lowest BCUT2D eigenvalue weighted by molar-refractivity contribution is -0.119. The Kier molecular flexibility index (Phi) is 3.81. The molecule has 0 aliphatic rings. The Bertz CT molecular complexity index is 261. The average molecular weight is 200 g/mol. The van der Waals surface area contributed by atoms with Crippen molar-refractivity contribution in [1.29, 1.82) is 0 Å². The summed E-state index contributed by atoms with van der Waals surface area (Å²) in [6, 6.07) is -0.618. The van der Waals surface area contributed by atoms with Crippen molar-refractivity contribution >= 4 is 17.2 Å². The van der Waals surface area contributed by atoms with E-state index in [0.29, 0.717) is 13.1 Å². The summed E-state index contributed by atoms with van der Waals surface area (Å²) in [5.41, 5.74) is 12.1. The highest BCUT2D eigenvalue weighted by atomic mass is 32.1. The molecule has 1 aromatic heterocycles. The van der Waals surface area contributed by atoms with Crippen molar-refractivity contribution in [3.63, 3.8) is 0 Å². The van der Waals surface area contributed by atoms with Crippen LogP contribution in [0, 0.1) is 0 Å². The normalized spacial score (nSPS) is 12.7. The molecular formula is C7H12N4OS. The zero-order valence-corrected chi connectivity index (χ0v) is 7.88. The van der Waals surface area contributed by atoms with Crippen LogP contribution in [0.3, 0.4) is 0 Å². The first kappa shape index (κ1) is 10.1. The third-order valence-electron chi connectivity index (χ3n) is 1.51. The smallest absolute Gasteiger partial charge is 0.235 e. The van der Waals surface area contributed by atoms with Crippen molar-refractivity contribution in [3.8, 4) is 0 Å². The molecule has 13 heavy (non-hydrogen) atoms. The van der Waals surface area contributed by atoms with E-state index in [1.807, 2.05) is 0 Å². The Morgan fingerprint density at radius 3 is 3.08 bits per heavy atom. The summed E-state index contributed by atoms with van der Waals surface area (Å²) in [4.78, 5) is 15.6. The van der Waals surface area contributed by atoms with Gasteiger partial charge in [-0.05, 0) is 0 Å². The van der Waals surface area contributed by atoms with Gasteiger partial charge in [-0.2, -0.15) is 0 Å². The van der Waals surface area contributed by atoms with Crippen molar-refractivity contribution in [2.24, 2.45) is 11.5 Å². The highest BCUT2D eigenvalue weighted by Crippen LogP contribution is 2.03. The quantitative estimate of drug-likeness (QED) is 0.571. The topological polar surface area (TPSA) is 94.0 Å². The summed E-state index contributed by atoms with van der Waals surface area (Å²) in [7, 11) is 0. The maximum absolute atomic E-state index is 10.5. The molecule has 1 heterocycles. The monoisotopic (exact) mass is 200 g/mol. The highest BCUT2D eigenvalue weighted by molar-refractivity contribution is 7.09. The average Bonchev–Trinajstić information content (AvgIpc) is 2.56. The lowest BCUT2D eigenvalue weighted by atomic mass is 10.3. The largest absolute Gasteiger partial charge is 0.368 e. The van der Waals surface area contributed by atoms with Crippen LogP contribution in [0.25, 0.3) is 0 Å². The molecule has 0 aliphatic carbocycles. The molecule has 1 unspecified atom stereocenters. The molecule has 1 amide bonds. The van der Waals surface area contributed by atoms with E-state index >= 15 is 0 Å². The molecule has 0 fully saturated rings. The van der Waals surface area contributed by atoms with E-state index in [1.54, 1.807) is 23.0 Å². The van der Waals surface area contributed by atoms with Crippen LogP contribution in [-0.2, 0) is 11.3 Å². The zero-order valence-electron chi connectivity index (χ0n) is 7.06. The number of hydrogen-bond acceptors (Lipinski definition) is 5.